The number of carbonyl (C=O) groups is 2. The summed E-state index contributed by atoms with van der Waals surface area (Å²) in [7, 11) is 1.42. The van der Waals surface area contributed by atoms with Gasteiger partial charge in [0.1, 0.15) is 0 Å². The summed E-state index contributed by atoms with van der Waals surface area (Å²) in [6.45, 7) is 0.403. The number of alkyl halides is 3. The highest BCUT2D eigenvalue weighted by molar-refractivity contribution is 5.91. The van der Waals surface area contributed by atoms with Crippen molar-refractivity contribution in [3.8, 4) is 5.88 Å². The molecule has 2 aromatic heterocycles. The van der Waals surface area contributed by atoms with E-state index in [-0.39, 0.29) is 16.6 Å². The predicted molar refractivity (Wildman–Crippen MR) is 108 cm³/mol. The van der Waals surface area contributed by atoms with Crippen LogP contribution in [0.25, 0.3) is 0 Å². The Balaban J connectivity index is 1.52. The number of ether oxygens (including phenoxy) is 1. The summed E-state index contributed by atoms with van der Waals surface area (Å²) in [6.07, 6.45) is -1.77. The van der Waals surface area contributed by atoms with Gasteiger partial charge in [-0.1, -0.05) is 45.9 Å². The standard InChI is InChI=1S/C19H21F3N8O4/c1-23-18(32)33-16-13-29(27-25-16)10-6-5-9-28-12-15(24-26-28)17(31)30(34-19(20,21)22)11-14-7-3-2-4-8-14/h2-4,7-8,12-13H,5-6,9-11H2,1H3,(H,23,32). The van der Waals surface area contributed by atoms with E-state index >= 15 is 0 Å². The Hall–Kier alpha value is -4.01. The van der Waals surface area contributed by atoms with Gasteiger partial charge in [0.2, 0.25) is 0 Å². The molecule has 0 unspecified atom stereocenters. The Morgan fingerprint density at radius 3 is 2.32 bits per heavy atom. The first-order valence-electron chi connectivity index (χ1n) is 10.0. The van der Waals surface area contributed by atoms with Crippen molar-refractivity contribution in [3.05, 3.63) is 54.0 Å². The first-order chi connectivity index (χ1) is 16.2. The maximum absolute atomic E-state index is 12.8. The Kier molecular flexibility index (Phi) is 8.13. The highest BCUT2D eigenvalue weighted by Crippen LogP contribution is 2.21. The molecule has 3 aromatic rings. The maximum Gasteiger partial charge on any atom is 0.544 e. The van der Waals surface area contributed by atoms with Crippen LogP contribution in [0.1, 0.15) is 28.9 Å². The largest absolute Gasteiger partial charge is 0.544 e. The molecule has 0 aliphatic heterocycles. The number of halogens is 3. The van der Waals surface area contributed by atoms with E-state index in [9.17, 15) is 22.8 Å². The van der Waals surface area contributed by atoms with Crippen LogP contribution in [0.2, 0.25) is 0 Å². The van der Waals surface area contributed by atoms with Gasteiger partial charge >= 0.3 is 12.5 Å². The van der Waals surface area contributed by atoms with Crippen LogP contribution in [-0.2, 0) is 24.5 Å². The third kappa shape index (κ3) is 7.54. The topological polar surface area (TPSA) is 129 Å². The third-order valence-corrected chi connectivity index (χ3v) is 4.31. The molecule has 2 amide bonds. The second-order valence-corrected chi connectivity index (χ2v) is 6.90. The van der Waals surface area contributed by atoms with Gasteiger partial charge in [-0.15, -0.1) is 18.3 Å². The van der Waals surface area contributed by atoms with Crippen LogP contribution in [0.15, 0.2) is 42.7 Å². The molecular weight excluding hydrogens is 461 g/mol. The molecule has 15 heteroatoms. The normalized spacial score (nSPS) is 11.3. The van der Waals surface area contributed by atoms with Gasteiger partial charge in [0, 0.05) is 20.1 Å². The highest BCUT2D eigenvalue weighted by Gasteiger charge is 2.36. The van der Waals surface area contributed by atoms with E-state index in [4.69, 9.17) is 4.74 Å². The summed E-state index contributed by atoms with van der Waals surface area (Å²) in [5, 5.41) is 17.5. The van der Waals surface area contributed by atoms with E-state index in [1.807, 2.05) is 0 Å². The summed E-state index contributed by atoms with van der Waals surface area (Å²) >= 11 is 0. The number of hydrogen-bond donors (Lipinski definition) is 1. The first-order valence-corrected chi connectivity index (χ1v) is 10.0. The van der Waals surface area contributed by atoms with E-state index < -0.39 is 24.9 Å². The predicted octanol–water partition coefficient (Wildman–Crippen LogP) is 2.16. The zero-order valence-corrected chi connectivity index (χ0v) is 18.0. The summed E-state index contributed by atoms with van der Waals surface area (Å²) in [5.41, 5.74) is 0.164. The SMILES string of the molecule is CNC(=O)Oc1cn(CCCCn2cc(C(=O)N(Cc3ccccc3)OC(F)(F)F)nn2)nn1. The minimum Gasteiger partial charge on any atom is -0.388 e. The fourth-order valence-corrected chi connectivity index (χ4v) is 2.78. The second kappa shape index (κ2) is 11.2. The molecule has 12 nitrogen and oxygen atoms in total. The van der Waals surface area contributed by atoms with Gasteiger partial charge in [0.05, 0.1) is 18.9 Å². The maximum atomic E-state index is 12.8. The number of nitrogens with one attached hydrogen (secondary N) is 1. The van der Waals surface area contributed by atoms with Crippen molar-refractivity contribution in [2.45, 2.75) is 38.8 Å². The molecule has 182 valence electrons. The lowest BCUT2D eigenvalue weighted by Gasteiger charge is -2.21. The summed E-state index contributed by atoms with van der Waals surface area (Å²) in [6, 6.07) is 8.11. The second-order valence-electron chi connectivity index (χ2n) is 6.90. The average Bonchev–Trinajstić information content (AvgIpc) is 3.45. The molecular formula is C19H21F3N8O4. The molecule has 1 aromatic carbocycles. The van der Waals surface area contributed by atoms with Crippen molar-refractivity contribution in [1.82, 2.24) is 40.4 Å². The minimum atomic E-state index is -5.05. The Labute approximate surface area is 191 Å². The van der Waals surface area contributed by atoms with Crippen molar-refractivity contribution in [2.75, 3.05) is 7.05 Å². The van der Waals surface area contributed by atoms with Crippen LogP contribution < -0.4 is 10.1 Å². The number of aromatic nitrogens is 6. The lowest BCUT2D eigenvalue weighted by molar-refractivity contribution is -0.401. The van der Waals surface area contributed by atoms with Crippen molar-refractivity contribution < 1.29 is 32.3 Å². The zero-order valence-electron chi connectivity index (χ0n) is 18.0. The van der Waals surface area contributed by atoms with E-state index in [1.165, 1.54) is 28.8 Å². The van der Waals surface area contributed by atoms with E-state index in [1.54, 1.807) is 30.3 Å². The Morgan fingerprint density at radius 1 is 1.03 bits per heavy atom. The van der Waals surface area contributed by atoms with E-state index in [0.717, 1.165) is 0 Å². The van der Waals surface area contributed by atoms with Gasteiger partial charge in [-0.25, -0.2) is 14.5 Å². The number of rotatable bonds is 10. The highest BCUT2D eigenvalue weighted by atomic mass is 19.4. The van der Waals surface area contributed by atoms with Crippen LogP contribution in [0, 0.1) is 0 Å². The molecule has 3 rings (SSSR count). The molecule has 0 bridgehead atoms. The molecule has 0 saturated carbocycles. The lowest BCUT2D eigenvalue weighted by Crippen LogP contribution is -2.36. The van der Waals surface area contributed by atoms with Crippen molar-refractivity contribution in [3.63, 3.8) is 0 Å². The van der Waals surface area contributed by atoms with Crippen molar-refractivity contribution >= 4 is 12.0 Å². The molecule has 34 heavy (non-hydrogen) atoms. The molecule has 0 atom stereocenters. The number of amides is 2. The Morgan fingerprint density at radius 2 is 1.68 bits per heavy atom. The smallest absolute Gasteiger partial charge is 0.388 e. The van der Waals surface area contributed by atoms with Crippen LogP contribution in [-0.4, -0.2) is 60.5 Å². The van der Waals surface area contributed by atoms with Gasteiger partial charge in [-0.3, -0.25) is 9.48 Å². The fraction of sp³-hybridized carbons (Fsp3) is 0.368. The number of nitrogens with zero attached hydrogens (tertiary/aromatic N) is 7. The zero-order chi connectivity index (χ0) is 24.6. The number of benzene rings is 1. The van der Waals surface area contributed by atoms with Gasteiger partial charge in [-0.2, -0.15) is 4.84 Å². The number of aryl methyl sites for hydroxylation is 2. The molecule has 0 spiro atoms. The third-order valence-electron chi connectivity index (χ3n) is 4.31. The van der Waals surface area contributed by atoms with Gasteiger partial charge in [0.15, 0.2) is 5.69 Å². The molecule has 1 N–H and O–H groups in total. The molecule has 0 aliphatic carbocycles. The lowest BCUT2D eigenvalue weighted by atomic mass is 10.2. The van der Waals surface area contributed by atoms with Gasteiger partial charge < -0.3 is 10.1 Å². The van der Waals surface area contributed by atoms with Gasteiger partial charge in [-0.05, 0) is 18.4 Å². The first kappa shape index (κ1) is 24.6. The quantitative estimate of drug-likeness (QED) is 0.344. The van der Waals surface area contributed by atoms with Crippen LogP contribution in [0.4, 0.5) is 18.0 Å². The van der Waals surface area contributed by atoms with E-state index in [0.29, 0.717) is 31.5 Å². The number of carbonyl (C=O) groups excluding carboxylic acids is 2. The van der Waals surface area contributed by atoms with Gasteiger partial charge in [0.25, 0.3) is 11.8 Å². The van der Waals surface area contributed by atoms with Crippen molar-refractivity contribution in [2.24, 2.45) is 0 Å². The summed E-state index contributed by atoms with van der Waals surface area (Å²) in [4.78, 5) is 27.6. The average molecular weight is 482 g/mol. The summed E-state index contributed by atoms with van der Waals surface area (Å²) in [5.74, 6) is -1.02. The van der Waals surface area contributed by atoms with Crippen LogP contribution in [0.3, 0.4) is 0 Å². The Bertz CT molecular complexity index is 1090. The van der Waals surface area contributed by atoms with Crippen molar-refractivity contribution in [1.29, 1.82) is 0 Å². The van der Waals surface area contributed by atoms with Crippen LogP contribution >= 0.6 is 0 Å². The minimum absolute atomic E-state index is 0.0555. The number of hydroxylamine groups is 2. The monoisotopic (exact) mass is 482 g/mol. The molecule has 0 fully saturated rings. The molecule has 0 radical (unpaired) electrons. The fourth-order valence-electron chi connectivity index (χ4n) is 2.78. The summed E-state index contributed by atoms with van der Waals surface area (Å²) < 4.78 is 46.2. The number of unbranched alkanes of at least 4 members (excludes halogenated alkanes) is 1. The van der Waals surface area contributed by atoms with Crippen LogP contribution in [0.5, 0.6) is 5.88 Å². The molecule has 2 heterocycles. The number of hydrogen-bond acceptors (Lipinski definition) is 8. The van der Waals surface area contributed by atoms with E-state index in [2.05, 4.69) is 30.8 Å². The molecule has 0 saturated heterocycles. The molecule has 0 aliphatic rings.